The first kappa shape index (κ1) is 50.0. The maximum atomic E-state index is 15.1. The van der Waals surface area contributed by atoms with E-state index in [0.29, 0.717) is 44.8 Å². The molecule has 4 aliphatic rings. The first-order valence-electron chi connectivity index (χ1n) is 22.0. The molecule has 20 heteroatoms. The van der Waals surface area contributed by atoms with Gasteiger partial charge in [-0.05, 0) is 103 Å². The fraction of sp³-hybridized carbons (Fsp3) is 0.689. The summed E-state index contributed by atoms with van der Waals surface area (Å²) in [4.78, 5) is 66.7. The smallest absolute Gasteiger partial charge is 0.438 e. The fourth-order valence-electron chi connectivity index (χ4n) is 8.67. The van der Waals surface area contributed by atoms with E-state index in [9.17, 15) is 44.8 Å². The van der Waals surface area contributed by atoms with Gasteiger partial charge in [-0.1, -0.05) is 19.1 Å². The normalized spacial score (nSPS) is 28.1. The molecule has 2 aromatic rings. The first-order valence-corrected chi connectivity index (χ1v) is 23.5. The predicted molar refractivity (Wildman–Crippen MR) is 226 cm³/mol. The van der Waals surface area contributed by atoms with Crippen molar-refractivity contribution in [3.63, 3.8) is 0 Å². The molecule has 2 aliphatic carbocycles. The van der Waals surface area contributed by atoms with Crippen LogP contribution in [0.3, 0.4) is 0 Å². The molecule has 1 N–H and O–H groups in total. The largest absolute Gasteiger partial charge is 0.491 e. The van der Waals surface area contributed by atoms with Crippen molar-refractivity contribution < 1.29 is 68.5 Å². The van der Waals surface area contributed by atoms with Crippen molar-refractivity contribution in [3.05, 3.63) is 36.0 Å². The average Bonchev–Trinajstić information content (AvgIpc) is 4.06. The molecule has 6 rings (SSSR count). The number of rotatable bonds is 13. The number of nitrogens with one attached hydrogen (secondary N) is 1. The standard InChI is InChI=1S/C45H59F5N4O10S/c1-25(2)62-29-13-14-32-33(18-29)52-38(37(51-32)45(48,49)50)63-30-19-34-35(55)22-44(40(58)53-65(59,60)42(6)15-16-42)21-28(44)12-10-9-11-26(3)17-27(24-61-8)31(39(57)54(34)23-30)20-36(56)64-41(4,5)43(7,46)47/h10,12-14,18,25-28,30-31,34H,9,11,15-17,19-24H2,1-8H3,(H,53,58)/b12-10-/t26-,27+,28-,30-,31+,34+,44-/m1/s1. The van der Waals surface area contributed by atoms with Crippen molar-refractivity contribution in [3.8, 4) is 11.6 Å². The maximum absolute atomic E-state index is 15.1. The van der Waals surface area contributed by atoms with Crippen LogP contribution in [0.4, 0.5) is 22.0 Å². The monoisotopic (exact) mass is 942 g/mol. The summed E-state index contributed by atoms with van der Waals surface area (Å²) in [6, 6.07) is 2.70. The summed E-state index contributed by atoms with van der Waals surface area (Å²) < 4.78 is 123. The lowest BCUT2D eigenvalue weighted by atomic mass is 9.81. The van der Waals surface area contributed by atoms with Gasteiger partial charge in [0.1, 0.15) is 11.9 Å². The van der Waals surface area contributed by atoms with E-state index in [-0.39, 0.29) is 36.1 Å². The molecule has 2 saturated carbocycles. The minimum absolute atomic E-state index is 0.00220. The van der Waals surface area contributed by atoms with Gasteiger partial charge in [-0.3, -0.25) is 23.9 Å². The Morgan fingerprint density at radius 1 is 1.03 bits per heavy atom. The molecule has 2 aliphatic heterocycles. The Balaban J connectivity index is 1.42. The van der Waals surface area contributed by atoms with E-state index in [0.717, 1.165) is 18.7 Å². The van der Waals surface area contributed by atoms with Crippen LogP contribution in [0.2, 0.25) is 0 Å². The lowest BCUT2D eigenvalue weighted by Crippen LogP contribution is -2.49. The predicted octanol–water partition coefficient (Wildman–Crippen LogP) is 7.37. The Kier molecular flexibility index (Phi) is 14.1. The van der Waals surface area contributed by atoms with Crippen LogP contribution in [0.1, 0.15) is 112 Å². The molecule has 1 aromatic heterocycles. The van der Waals surface area contributed by atoms with Crippen LogP contribution in [0, 0.1) is 29.1 Å². The fourth-order valence-corrected chi connectivity index (χ4v) is 10.0. The number of amides is 2. The van der Waals surface area contributed by atoms with Crippen LogP contribution in [0.25, 0.3) is 11.0 Å². The van der Waals surface area contributed by atoms with Crippen molar-refractivity contribution in [2.24, 2.45) is 29.1 Å². The van der Waals surface area contributed by atoms with E-state index in [1.807, 2.05) is 13.0 Å². The molecule has 1 saturated heterocycles. The molecule has 0 spiro atoms. The zero-order valence-corrected chi connectivity index (χ0v) is 38.7. The number of carbonyl (C=O) groups excluding carboxylic acids is 4. The number of hydrogen-bond acceptors (Lipinski definition) is 12. The number of ether oxygens (including phenoxy) is 4. The molecule has 0 bridgehead atoms. The van der Waals surface area contributed by atoms with Gasteiger partial charge >= 0.3 is 12.1 Å². The van der Waals surface area contributed by atoms with E-state index in [4.69, 9.17) is 18.9 Å². The molecule has 1 aromatic carbocycles. The molecular weight excluding hydrogens is 884 g/mol. The molecule has 0 unspecified atom stereocenters. The van der Waals surface area contributed by atoms with E-state index >= 15 is 4.79 Å². The topological polar surface area (TPSA) is 180 Å². The number of hydrogen-bond donors (Lipinski definition) is 1. The van der Waals surface area contributed by atoms with Gasteiger partial charge in [0.05, 0.1) is 52.2 Å². The van der Waals surface area contributed by atoms with E-state index < -0.39 is 129 Å². The molecule has 3 heterocycles. The van der Waals surface area contributed by atoms with Gasteiger partial charge < -0.3 is 23.8 Å². The molecule has 360 valence electrons. The number of alkyl halides is 5. The zero-order valence-electron chi connectivity index (χ0n) is 37.9. The lowest BCUT2D eigenvalue weighted by molar-refractivity contribution is -0.197. The number of methoxy groups -OCH3 is 1. The van der Waals surface area contributed by atoms with Crippen LogP contribution in [-0.2, 0) is 44.9 Å². The quantitative estimate of drug-likeness (QED) is 0.120. The van der Waals surface area contributed by atoms with Crippen molar-refractivity contribution in [2.75, 3.05) is 20.3 Å². The van der Waals surface area contributed by atoms with Crippen LogP contribution in [0.5, 0.6) is 11.6 Å². The summed E-state index contributed by atoms with van der Waals surface area (Å²) in [6.07, 6.45) is -2.57. The van der Waals surface area contributed by atoms with E-state index in [1.54, 1.807) is 19.9 Å². The summed E-state index contributed by atoms with van der Waals surface area (Å²) in [5, 5.41) is 0. The minimum Gasteiger partial charge on any atom is -0.491 e. The third-order valence-corrected chi connectivity index (χ3v) is 15.5. The maximum Gasteiger partial charge on any atom is 0.438 e. The van der Waals surface area contributed by atoms with Gasteiger partial charge in [0, 0.05) is 39.5 Å². The number of halogens is 5. The Bertz CT molecular complexity index is 2300. The number of nitrogens with zero attached hydrogens (tertiary/aromatic N) is 3. The Morgan fingerprint density at radius 3 is 2.34 bits per heavy atom. The van der Waals surface area contributed by atoms with Crippen molar-refractivity contribution in [1.82, 2.24) is 19.6 Å². The second kappa shape index (κ2) is 18.3. The molecule has 65 heavy (non-hydrogen) atoms. The summed E-state index contributed by atoms with van der Waals surface area (Å²) in [7, 11) is -2.75. The van der Waals surface area contributed by atoms with Gasteiger partial charge in [0.2, 0.25) is 33.4 Å². The van der Waals surface area contributed by atoms with Gasteiger partial charge in [0.15, 0.2) is 11.4 Å². The SMILES string of the molecule is COC[C@@H]1C[C@H](C)CC/C=C\[C@@H]2C[C@@]2(C(=O)NS(=O)(=O)C2(C)CC2)CC(=O)[C@@H]2C[C@@H](Oc3nc4cc(OC(C)C)ccc4nc3C(F)(F)F)CN2C(=O)[C@H]1CC(=O)OC(C)(C)C(C)(F)F. The Morgan fingerprint density at radius 2 is 1.72 bits per heavy atom. The zero-order chi connectivity index (χ0) is 48.1. The number of fused-ring (bicyclic) bond motifs is 3. The third-order valence-electron chi connectivity index (χ3n) is 13.3. The van der Waals surface area contributed by atoms with E-state index in [1.165, 1.54) is 32.2 Å². The molecular formula is C45H59F5N4O10S. The van der Waals surface area contributed by atoms with Crippen molar-refractivity contribution in [2.45, 2.75) is 147 Å². The second-order valence-corrected chi connectivity index (χ2v) is 21.6. The van der Waals surface area contributed by atoms with Gasteiger partial charge in [-0.2, -0.15) is 13.2 Å². The number of aromatic nitrogens is 2. The average molecular weight is 943 g/mol. The summed E-state index contributed by atoms with van der Waals surface area (Å²) in [5.74, 6) is -10.4. The first-order chi connectivity index (χ1) is 30.1. The van der Waals surface area contributed by atoms with Crippen LogP contribution >= 0.6 is 0 Å². The summed E-state index contributed by atoms with van der Waals surface area (Å²) in [5.41, 5.74) is -5.40. The molecule has 14 nitrogen and oxygen atoms in total. The van der Waals surface area contributed by atoms with Gasteiger partial charge in [-0.15, -0.1) is 0 Å². The van der Waals surface area contributed by atoms with E-state index in [2.05, 4.69) is 14.7 Å². The lowest BCUT2D eigenvalue weighted by Gasteiger charge is -2.35. The Hall–Kier alpha value is -4.46. The Labute approximate surface area is 375 Å². The van der Waals surface area contributed by atoms with Gasteiger partial charge in [0.25, 0.3) is 5.92 Å². The van der Waals surface area contributed by atoms with Crippen molar-refractivity contribution in [1.29, 1.82) is 0 Å². The number of ketones is 1. The number of Topliss-reactive ketones (excluding diaryl/α,β-unsaturated/α-hetero) is 1. The second-order valence-electron chi connectivity index (χ2n) is 19.4. The number of esters is 1. The summed E-state index contributed by atoms with van der Waals surface area (Å²) >= 11 is 0. The highest BCUT2D eigenvalue weighted by Crippen LogP contribution is 2.58. The van der Waals surface area contributed by atoms with Crippen LogP contribution in [0.15, 0.2) is 30.4 Å². The highest BCUT2D eigenvalue weighted by molar-refractivity contribution is 7.91. The van der Waals surface area contributed by atoms with Crippen molar-refractivity contribution >= 4 is 44.6 Å². The molecule has 3 fully saturated rings. The highest BCUT2D eigenvalue weighted by Gasteiger charge is 2.63. The van der Waals surface area contributed by atoms with Crippen LogP contribution in [-0.4, -0.2) is 102 Å². The molecule has 7 atom stereocenters. The minimum atomic E-state index is -5.07. The number of benzene rings is 1. The number of allylic oxidation sites excluding steroid dienone is 2. The number of carbonyl (C=O) groups is 4. The summed E-state index contributed by atoms with van der Waals surface area (Å²) in [6.45, 7) is 9.01. The number of sulfonamides is 1. The third kappa shape index (κ3) is 11.1. The molecule has 2 amide bonds. The molecule has 0 radical (unpaired) electrons. The van der Waals surface area contributed by atoms with Gasteiger partial charge in [-0.25, -0.2) is 27.2 Å². The highest BCUT2D eigenvalue weighted by atomic mass is 32.2. The van der Waals surface area contributed by atoms with Crippen LogP contribution < -0.4 is 14.2 Å².